The highest BCUT2D eigenvalue weighted by molar-refractivity contribution is 7.96. The molecule has 12 heavy (non-hydrogen) atoms. The van der Waals surface area contributed by atoms with Gasteiger partial charge in [0, 0.05) is 5.69 Å². The molecule has 0 fully saturated rings. The van der Waals surface area contributed by atoms with E-state index in [9.17, 15) is 4.79 Å². The molecule has 1 rings (SSSR count). The number of alkyl halides is 1. The smallest absolute Gasteiger partial charge is 0.208 e. The van der Waals surface area contributed by atoms with E-state index in [2.05, 4.69) is 12.6 Å². The molecule has 0 heterocycles. The van der Waals surface area contributed by atoms with Gasteiger partial charge in [-0.15, -0.1) is 24.2 Å². The van der Waals surface area contributed by atoms with Gasteiger partial charge in [-0.25, -0.2) is 0 Å². The number of hydrogen-bond donors (Lipinski definition) is 2. The lowest BCUT2D eigenvalue weighted by molar-refractivity contribution is -0.110. The molecule has 0 aliphatic rings. The van der Waals surface area contributed by atoms with Crippen LogP contribution in [0, 0.1) is 0 Å². The zero-order valence-corrected chi connectivity index (χ0v) is 7.85. The van der Waals surface area contributed by atoms with E-state index >= 15 is 0 Å². The molecule has 64 valence electrons. The van der Waals surface area contributed by atoms with Crippen LogP contribution >= 0.6 is 24.2 Å². The van der Waals surface area contributed by atoms with E-state index in [0.717, 1.165) is 0 Å². The van der Waals surface area contributed by atoms with Gasteiger partial charge in [0.2, 0.25) is 5.12 Å². The van der Waals surface area contributed by atoms with E-state index < -0.39 is 5.38 Å². The second-order valence-corrected chi connectivity index (χ2v) is 3.24. The minimum atomic E-state index is -0.686. The standard InChI is InChI=1S/C8H8ClNOS/c9-7(8(11)12)5-1-3-6(10)4-2-5/h1-4,7H,10H2,(H,11,12). The number of halogens is 1. The number of hydrogen-bond acceptors (Lipinski definition) is 2. The van der Waals surface area contributed by atoms with Crippen LogP contribution < -0.4 is 5.73 Å². The number of thiol groups is 1. The summed E-state index contributed by atoms with van der Waals surface area (Å²) in [6, 6.07) is 6.81. The number of nitrogens with two attached hydrogens (primary N) is 1. The summed E-state index contributed by atoms with van der Waals surface area (Å²) in [6.07, 6.45) is 0. The SMILES string of the molecule is Nc1ccc(C(Cl)C(=O)S)cc1. The van der Waals surface area contributed by atoms with Crippen LogP contribution in [-0.2, 0) is 4.79 Å². The topological polar surface area (TPSA) is 43.1 Å². The predicted octanol–water partition coefficient (Wildman–Crippen LogP) is 2.01. The first-order chi connectivity index (χ1) is 5.61. The lowest BCUT2D eigenvalue weighted by Crippen LogP contribution is -1.98. The number of anilines is 1. The molecule has 0 aliphatic heterocycles. The van der Waals surface area contributed by atoms with E-state index in [-0.39, 0.29) is 5.12 Å². The van der Waals surface area contributed by atoms with Gasteiger partial charge in [-0.2, -0.15) is 0 Å². The Bertz CT molecular complexity index is 286. The summed E-state index contributed by atoms with van der Waals surface area (Å²) in [6.45, 7) is 0. The highest BCUT2D eigenvalue weighted by atomic mass is 35.5. The van der Waals surface area contributed by atoms with E-state index in [4.69, 9.17) is 17.3 Å². The Morgan fingerprint density at radius 3 is 2.33 bits per heavy atom. The Labute approximate surface area is 81.1 Å². The number of benzene rings is 1. The summed E-state index contributed by atoms with van der Waals surface area (Å²) >= 11 is 9.35. The van der Waals surface area contributed by atoms with Gasteiger partial charge >= 0.3 is 0 Å². The summed E-state index contributed by atoms with van der Waals surface area (Å²) in [7, 11) is 0. The molecular weight excluding hydrogens is 194 g/mol. The second-order valence-electron chi connectivity index (χ2n) is 2.37. The van der Waals surface area contributed by atoms with Gasteiger partial charge in [0.15, 0.2) is 0 Å². The lowest BCUT2D eigenvalue weighted by Gasteiger charge is -2.04. The number of carbonyl (C=O) groups is 1. The van der Waals surface area contributed by atoms with Gasteiger partial charge in [-0.1, -0.05) is 12.1 Å². The first-order valence-electron chi connectivity index (χ1n) is 3.33. The van der Waals surface area contributed by atoms with E-state index in [0.29, 0.717) is 11.3 Å². The van der Waals surface area contributed by atoms with E-state index in [1.54, 1.807) is 24.3 Å². The van der Waals surface area contributed by atoms with Crippen molar-refractivity contribution in [2.24, 2.45) is 0 Å². The van der Waals surface area contributed by atoms with Crippen molar-refractivity contribution in [1.29, 1.82) is 0 Å². The van der Waals surface area contributed by atoms with Crippen LogP contribution in [0.1, 0.15) is 10.9 Å². The van der Waals surface area contributed by atoms with E-state index in [1.165, 1.54) is 0 Å². The van der Waals surface area contributed by atoms with Crippen molar-refractivity contribution >= 4 is 35.0 Å². The van der Waals surface area contributed by atoms with Crippen molar-refractivity contribution in [3.8, 4) is 0 Å². The molecule has 0 aromatic heterocycles. The monoisotopic (exact) mass is 201 g/mol. The fourth-order valence-corrected chi connectivity index (χ4v) is 1.10. The highest BCUT2D eigenvalue weighted by Gasteiger charge is 2.12. The molecule has 0 amide bonds. The number of rotatable bonds is 2. The van der Waals surface area contributed by atoms with Crippen LogP contribution in [0.15, 0.2) is 24.3 Å². The molecule has 0 radical (unpaired) electrons. The minimum Gasteiger partial charge on any atom is -0.399 e. The first kappa shape index (κ1) is 9.42. The third kappa shape index (κ3) is 2.16. The molecule has 0 spiro atoms. The Balaban J connectivity index is 2.89. The fraction of sp³-hybridized carbons (Fsp3) is 0.125. The Morgan fingerprint density at radius 1 is 1.42 bits per heavy atom. The summed E-state index contributed by atoms with van der Waals surface area (Å²) in [5, 5.41) is -1.05. The molecule has 1 unspecified atom stereocenters. The van der Waals surface area contributed by atoms with E-state index in [1.807, 2.05) is 0 Å². The van der Waals surface area contributed by atoms with Crippen molar-refractivity contribution < 1.29 is 4.79 Å². The van der Waals surface area contributed by atoms with Crippen molar-refractivity contribution in [1.82, 2.24) is 0 Å². The molecule has 0 aliphatic carbocycles. The van der Waals surface area contributed by atoms with Crippen LogP contribution in [0.2, 0.25) is 0 Å². The average molecular weight is 202 g/mol. The molecule has 1 aromatic rings. The van der Waals surface area contributed by atoms with Crippen LogP contribution in [0.25, 0.3) is 0 Å². The molecule has 0 saturated heterocycles. The van der Waals surface area contributed by atoms with Crippen LogP contribution in [0.3, 0.4) is 0 Å². The zero-order chi connectivity index (χ0) is 9.14. The third-order valence-corrected chi connectivity index (χ3v) is 2.31. The Morgan fingerprint density at radius 2 is 1.92 bits per heavy atom. The highest BCUT2D eigenvalue weighted by Crippen LogP contribution is 2.23. The van der Waals surface area contributed by atoms with Crippen LogP contribution in [0.5, 0.6) is 0 Å². The van der Waals surface area contributed by atoms with Gasteiger partial charge in [0.05, 0.1) is 0 Å². The van der Waals surface area contributed by atoms with Crippen LogP contribution in [0.4, 0.5) is 5.69 Å². The quantitative estimate of drug-likeness (QED) is 0.437. The fourth-order valence-electron chi connectivity index (χ4n) is 0.808. The predicted molar refractivity (Wildman–Crippen MR) is 53.4 cm³/mol. The van der Waals surface area contributed by atoms with Gasteiger partial charge in [-0.05, 0) is 17.7 Å². The summed E-state index contributed by atoms with van der Waals surface area (Å²) in [5.41, 5.74) is 6.82. The molecule has 1 atom stereocenters. The third-order valence-electron chi connectivity index (χ3n) is 1.45. The average Bonchev–Trinajstić information content (AvgIpc) is 2.04. The molecule has 4 heteroatoms. The lowest BCUT2D eigenvalue weighted by atomic mass is 10.1. The molecule has 0 bridgehead atoms. The summed E-state index contributed by atoms with van der Waals surface area (Å²) in [5.74, 6) is 0. The normalized spacial score (nSPS) is 12.5. The van der Waals surface area contributed by atoms with Crippen LogP contribution in [-0.4, -0.2) is 5.12 Å². The van der Waals surface area contributed by atoms with Crippen molar-refractivity contribution in [3.05, 3.63) is 29.8 Å². The Hall–Kier alpha value is -0.670. The number of nitrogen functional groups attached to an aromatic ring is 1. The maximum atomic E-state index is 10.7. The largest absolute Gasteiger partial charge is 0.399 e. The number of carbonyl (C=O) groups excluding carboxylic acids is 1. The van der Waals surface area contributed by atoms with Gasteiger partial charge in [0.1, 0.15) is 5.38 Å². The van der Waals surface area contributed by atoms with Crippen molar-refractivity contribution in [3.63, 3.8) is 0 Å². The van der Waals surface area contributed by atoms with Crippen molar-refractivity contribution in [2.45, 2.75) is 5.38 Å². The second kappa shape index (κ2) is 3.83. The Kier molecular flexibility index (Phi) is 3.00. The van der Waals surface area contributed by atoms with Gasteiger partial charge < -0.3 is 5.73 Å². The molecular formula is C8H8ClNOS. The molecule has 1 aromatic carbocycles. The van der Waals surface area contributed by atoms with Gasteiger partial charge in [-0.3, -0.25) is 4.79 Å². The van der Waals surface area contributed by atoms with Gasteiger partial charge in [0.25, 0.3) is 0 Å². The summed E-state index contributed by atoms with van der Waals surface area (Å²) < 4.78 is 0. The molecule has 0 saturated carbocycles. The molecule has 2 N–H and O–H groups in total. The maximum Gasteiger partial charge on any atom is 0.208 e. The first-order valence-corrected chi connectivity index (χ1v) is 4.22. The zero-order valence-electron chi connectivity index (χ0n) is 6.20. The minimum absolute atomic E-state index is 0.360. The molecule has 2 nitrogen and oxygen atoms in total. The van der Waals surface area contributed by atoms with Crippen molar-refractivity contribution in [2.75, 3.05) is 5.73 Å². The summed E-state index contributed by atoms with van der Waals surface area (Å²) in [4.78, 5) is 10.7. The maximum absolute atomic E-state index is 10.7.